The molecule has 0 aliphatic heterocycles. The van der Waals surface area contributed by atoms with Crippen molar-refractivity contribution in [2.24, 2.45) is 5.73 Å². The molecule has 0 bridgehead atoms. The second kappa shape index (κ2) is 5.19. The first-order valence-corrected chi connectivity index (χ1v) is 6.38. The average Bonchev–Trinajstić information content (AvgIpc) is 2.27. The van der Waals surface area contributed by atoms with Gasteiger partial charge in [0.1, 0.15) is 5.54 Å². The molecule has 94 valence electrons. The van der Waals surface area contributed by atoms with E-state index in [0.29, 0.717) is 0 Å². The van der Waals surface area contributed by atoms with Crippen LogP contribution < -0.4 is 5.73 Å². The van der Waals surface area contributed by atoms with Gasteiger partial charge in [-0.2, -0.15) is 0 Å². The maximum absolute atomic E-state index is 12.3. The van der Waals surface area contributed by atoms with Gasteiger partial charge in [0, 0.05) is 17.6 Å². The van der Waals surface area contributed by atoms with Crippen LogP contribution in [0.25, 0.3) is 0 Å². The zero-order valence-corrected chi connectivity index (χ0v) is 12.3. The van der Waals surface area contributed by atoms with E-state index in [0.717, 1.165) is 10.0 Å². The number of nitrogens with two attached hydrogens (primary N) is 1. The van der Waals surface area contributed by atoms with E-state index in [2.05, 4.69) is 15.9 Å². The number of hydrogen-bond acceptors (Lipinski definition) is 2. The highest BCUT2D eigenvalue weighted by molar-refractivity contribution is 9.10. The van der Waals surface area contributed by atoms with Crippen molar-refractivity contribution in [1.82, 2.24) is 4.90 Å². The molecule has 1 unspecified atom stereocenters. The first kappa shape index (κ1) is 14.2. The van der Waals surface area contributed by atoms with Crippen molar-refractivity contribution >= 4 is 21.8 Å². The predicted molar refractivity (Wildman–Crippen MR) is 73.6 cm³/mol. The van der Waals surface area contributed by atoms with Crippen molar-refractivity contribution in [1.29, 1.82) is 0 Å². The Morgan fingerprint density at radius 1 is 1.35 bits per heavy atom. The number of carbonyl (C=O) groups excluding carboxylic acids is 1. The minimum Gasteiger partial charge on any atom is -0.341 e. The number of rotatable bonds is 3. The number of amides is 1. The average molecular weight is 299 g/mol. The molecule has 0 fully saturated rings. The van der Waals surface area contributed by atoms with Crippen LogP contribution in [0.15, 0.2) is 28.7 Å². The maximum atomic E-state index is 12.3. The van der Waals surface area contributed by atoms with Crippen molar-refractivity contribution in [3.63, 3.8) is 0 Å². The number of likely N-dealkylation sites (N-methyl/N-ethyl adjacent to an activating group) is 1. The molecule has 0 saturated carbocycles. The standard InChI is InChI=1S/C13H19BrN2O/c1-9(2)16(4)12(17)13(3,15)10-5-7-11(14)8-6-10/h5-9H,15H2,1-4H3. The second-order valence-electron chi connectivity index (χ2n) is 4.72. The molecule has 0 aliphatic carbocycles. The van der Waals surface area contributed by atoms with Crippen molar-refractivity contribution < 1.29 is 4.79 Å². The van der Waals surface area contributed by atoms with Gasteiger partial charge in [-0.25, -0.2) is 0 Å². The molecule has 0 radical (unpaired) electrons. The van der Waals surface area contributed by atoms with Crippen LogP contribution in [0, 0.1) is 0 Å². The number of benzene rings is 1. The van der Waals surface area contributed by atoms with Gasteiger partial charge < -0.3 is 10.6 Å². The van der Waals surface area contributed by atoms with Crippen LogP contribution in [0.4, 0.5) is 0 Å². The van der Waals surface area contributed by atoms with Crippen LogP contribution in [0.1, 0.15) is 26.3 Å². The van der Waals surface area contributed by atoms with Gasteiger partial charge in [-0.1, -0.05) is 28.1 Å². The fraction of sp³-hybridized carbons (Fsp3) is 0.462. The maximum Gasteiger partial charge on any atom is 0.246 e. The molecule has 1 amide bonds. The van der Waals surface area contributed by atoms with Gasteiger partial charge in [0.2, 0.25) is 5.91 Å². The van der Waals surface area contributed by atoms with Crippen molar-refractivity contribution in [2.45, 2.75) is 32.4 Å². The monoisotopic (exact) mass is 298 g/mol. The molecule has 4 heteroatoms. The highest BCUT2D eigenvalue weighted by Gasteiger charge is 2.33. The highest BCUT2D eigenvalue weighted by Crippen LogP contribution is 2.22. The van der Waals surface area contributed by atoms with E-state index in [4.69, 9.17) is 5.73 Å². The molecule has 0 aromatic heterocycles. The van der Waals surface area contributed by atoms with Gasteiger partial charge in [0.15, 0.2) is 0 Å². The molecular formula is C13H19BrN2O. The lowest BCUT2D eigenvalue weighted by Gasteiger charge is -2.32. The molecular weight excluding hydrogens is 280 g/mol. The number of halogens is 1. The fourth-order valence-electron chi connectivity index (χ4n) is 1.52. The van der Waals surface area contributed by atoms with E-state index in [9.17, 15) is 4.79 Å². The Hall–Kier alpha value is -0.870. The van der Waals surface area contributed by atoms with Crippen LogP contribution in [0.5, 0.6) is 0 Å². The summed E-state index contributed by atoms with van der Waals surface area (Å²) in [5.41, 5.74) is 6.00. The molecule has 1 aromatic carbocycles. The van der Waals surface area contributed by atoms with E-state index in [-0.39, 0.29) is 11.9 Å². The summed E-state index contributed by atoms with van der Waals surface area (Å²) in [4.78, 5) is 13.9. The molecule has 0 saturated heterocycles. The Labute approximate surface area is 111 Å². The van der Waals surface area contributed by atoms with Crippen molar-refractivity contribution in [3.05, 3.63) is 34.3 Å². The summed E-state index contributed by atoms with van der Waals surface area (Å²) in [5.74, 6) is -0.0742. The number of carbonyl (C=O) groups is 1. The van der Waals surface area contributed by atoms with Gasteiger partial charge in [-0.05, 0) is 38.5 Å². The summed E-state index contributed by atoms with van der Waals surface area (Å²) in [6, 6.07) is 7.67. The number of hydrogen-bond donors (Lipinski definition) is 1. The summed E-state index contributed by atoms with van der Waals surface area (Å²) in [6.45, 7) is 5.68. The zero-order valence-electron chi connectivity index (χ0n) is 10.7. The molecule has 0 spiro atoms. The lowest BCUT2D eigenvalue weighted by molar-refractivity contribution is -0.136. The van der Waals surface area contributed by atoms with Crippen LogP contribution in [-0.4, -0.2) is 23.9 Å². The normalized spacial score (nSPS) is 14.5. The summed E-state index contributed by atoms with van der Waals surface area (Å²) in [5, 5.41) is 0. The molecule has 0 aliphatic rings. The summed E-state index contributed by atoms with van der Waals surface area (Å²) in [7, 11) is 1.77. The Kier molecular flexibility index (Phi) is 4.33. The van der Waals surface area contributed by atoms with Crippen molar-refractivity contribution in [2.75, 3.05) is 7.05 Å². The van der Waals surface area contributed by atoms with E-state index >= 15 is 0 Å². The summed E-state index contributed by atoms with van der Waals surface area (Å²) in [6.07, 6.45) is 0. The molecule has 1 aromatic rings. The first-order valence-electron chi connectivity index (χ1n) is 5.59. The lowest BCUT2D eigenvalue weighted by Crippen LogP contribution is -2.51. The van der Waals surface area contributed by atoms with Crippen LogP contribution in [0.2, 0.25) is 0 Å². The molecule has 2 N–H and O–H groups in total. The van der Waals surface area contributed by atoms with Gasteiger partial charge in [0.25, 0.3) is 0 Å². The third-order valence-electron chi connectivity index (χ3n) is 2.98. The van der Waals surface area contributed by atoms with Gasteiger partial charge in [-0.3, -0.25) is 4.79 Å². The van der Waals surface area contributed by atoms with Crippen LogP contribution in [-0.2, 0) is 10.3 Å². The Morgan fingerprint density at radius 3 is 2.24 bits per heavy atom. The van der Waals surface area contributed by atoms with E-state index < -0.39 is 5.54 Å². The Morgan fingerprint density at radius 2 is 1.82 bits per heavy atom. The summed E-state index contributed by atoms with van der Waals surface area (Å²) < 4.78 is 0.974. The predicted octanol–water partition coefficient (Wildman–Crippen LogP) is 2.49. The van der Waals surface area contributed by atoms with Gasteiger partial charge in [0.05, 0.1) is 0 Å². The lowest BCUT2D eigenvalue weighted by atomic mass is 9.91. The summed E-state index contributed by atoms with van der Waals surface area (Å²) >= 11 is 3.37. The molecule has 0 heterocycles. The molecule has 17 heavy (non-hydrogen) atoms. The third kappa shape index (κ3) is 3.07. The Balaban J connectivity index is 3.02. The fourth-order valence-corrected chi connectivity index (χ4v) is 1.78. The first-order chi connectivity index (χ1) is 7.76. The van der Waals surface area contributed by atoms with E-state index in [1.165, 1.54) is 0 Å². The quantitative estimate of drug-likeness (QED) is 0.932. The molecule has 1 atom stereocenters. The van der Waals surface area contributed by atoms with Crippen molar-refractivity contribution in [3.8, 4) is 0 Å². The molecule has 1 rings (SSSR count). The van der Waals surface area contributed by atoms with Gasteiger partial charge >= 0.3 is 0 Å². The largest absolute Gasteiger partial charge is 0.341 e. The second-order valence-corrected chi connectivity index (χ2v) is 5.63. The Bertz CT molecular complexity index is 398. The molecule has 3 nitrogen and oxygen atoms in total. The minimum absolute atomic E-state index is 0.0742. The third-order valence-corrected chi connectivity index (χ3v) is 3.51. The van der Waals surface area contributed by atoms with Gasteiger partial charge in [-0.15, -0.1) is 0 Å². The SMILES string of the molecule is CC(C)N(C)C(=O)C(C)(N)c1ccc(Br)cc1. The highest BCUT2D eigenvalue weighted by atomic mass is 79.9. The topological polar surface area (TPSA) is 46.3 Å². The van der Waals surface area contributed by atoms with E-state index in [1.807, 2.05) is 38.1 Å². The van der Waals surface area contributed by atoms with Crippen LogP contribution in [0.3, 0.4) is 0 Å². The van der Waals surface area contributed by atoms with E-state index in [1.54, 1.807) is 18.9 Å². The minimum atomic E-state index is -0.986. The smallest absolute Gasteiger partial charge is 0.246 e. The zero-order chi connectivity index (χ0) is 13.2. The number of nitrogens with zero attached hydrogens (tertiary/aromatic N) is 1. The van der Waals surface area contributed by atoms with Crippen LogP contribution >= 0.6 is 15.9 Å².